The number of nitrogens with one attached hydrogen (secondary N) is 2. The number of amides is 1. The summed E-state index contributed by atoms with van der Waals surface area (Å²) in [5, 5.41) is 16.3. The molecular weight excluding hydrogens is 398 g/mol. The second kappa shape index (κ2) is 12.5. The van der Waals surface area contributed by atoms with Crippen LogP contribution in [0.15, 0.2) is 30.5 Å². The quantitative estimate of drug-likeness (QED) is 0.340. The van der Waals surface area contributed by atoms with Gasteiger partial charge < -0.3 is 10.1 Å². The van der Waals surface area contributed by atoms with Crippen LogP contribution in [0.3, 0.4) is 0 Å². The van der Waals surface area contributed by atoms with Crippen LogP contribution in [0, 0.1) is 10.1 Å². The van der Waals surface area contributed by atoms with E-state index in [-0.39, 0.29) is 16.8 Å². The number of carbonyl (C=O) groups is 1. The summed E-state index contributed by atoms with van der Waals surface area (Å²) in [5.41, 5.74) is 0.125. The van der Waals surface area contributed by atoms with Crippen molar-refractivity contribution >= 4 is 40.6 Å². The van der Waals surface area contributed by atoms with Gasteiger partial charge in [-0.05, 0) is 56.6 Å². The predicted octanol–water partition coefficient (Wildman–Crippen LogP) is 6.18. The molecule has 2 N–H and O–H groups in total. The largest absolute Gasteiger partial charge is 0.444 e. The Morgan fingerprint density at radius 2 is 1.62 bits per heavy atom. The fraction of sp³-hybridized carbons (Fsp3) is 0.421. The fourth-order valence-corrected chi connectivity index (χ4v) is 1.91. The van der Waals surface area contributed by atoms with E-state index >= 15 is 0 Å². The molecule has 2 aromatic rings. The zero-order valence-electron chi connectivity index (χ0n) is 17.7. The Morgan fingerprint density at radius 3 is 2.10 bits per heavy atom. The van der Waals surface area contributed by atoms with E-state index in [4.69, 9.17) is 16.3 Å². The van der Waals surface area contributed by atoms with Gasteiger partial charge in [0.15, 0.2) is 0 Å². The summed E-state index contributed by atoms with van der Waals surface area (Å²) < 4.78 is 5.15. The highest BCUT2D eigenvalue weighted by molar-refractivity contribution is 6.28. The maximum absolute atomic E-state index is 11.7. The Balaban J connectivity index is 0.00000184. The molecule has 1 aromatic heterocycles. The number of nitrogens with zero attached hydrogens (tertiary/aromatic N) is 3. The molecule has 0 saturated heterocycles. The van der Waals surface area contributed by atoms with E-state index in [1.54, 1.807) is 45.0 Å². The van der Waals surface area contributed by atoms with Crippen molar-refractivity contribution < 1.29 is 14.5 Å². The molecule has 0 atom stereocenters. The molecule has 0 unspecified atom stereocenters. The molecule has 0 saturated carbocycles. The van der Waals surface area contributed by atoms with Crippen molar-refractivity contribution in [1.82, 2.24) is 9.97 Å². The first kappa shape index (κ1) is 26.1. The Kier molecular flexibility index (Phi) is 11.2. The summed E-state index contributed by atoms with van der Waals surface area (Å²) in [6, 6.07) is 6.46. The maximum atomic E-state index is 11.7. The molecule has 10 heteroatoms. The number of hydrogen-bond donors (Lipinski definition) is 2. The topological polar surface area (TPSA) is 119 Å². The highest BCUT2D eigenvalue weighted by atomic mass is 35.5. The Labute approximate surface area is 176 Å². The van der Waals surface area contributed by atoms with Gasteiger partial charge in [0, 0.05) is 11.4 Å². The third-order valence-corrected chi connectivity index (χ3v) is 2.91. The number of halogens is 1. The minimum absolute atomic E-state index is 0.0298. The van der Waals surface area contributed by atoms with E-state index in [0.29, 0.717) is 11.4 Å². The summed E-state index contributed by atoms with van der Waals surface area (Å²) in [5.74, 6) is -0.0298. The van der Waals surface area contributed by atoms with Crippen molar-refractivity contribution in [3.63, 3.8) is 0 Å². The van der Waals surface area contributed by atoms with Crippen molar-refractivity contribution in [2.75, 3.05) is 10.6 Å². The van der Waals surface area contributed by atoms with Gasteiger partial charge in [0.1, 0.15) is 11.8 Å². The lowest BCUT2D eigenvalue weighted by Crippen LogP contribution is -2.27. The lowest BCUT2D eigenvalue weighted by atomic mass is 10.2. The lowest BCUT2D eigenvalue weighted by molar-refractivity contribution is -0.384. The number of ether oxygens (including phenoxy) is 1. The number of benzene rings is 1. The summed E-state index contributed by atoms with van der Waals surface area (Å²) >= 11 is 5.68. The normalized spacial score (nSPS) is 9.79. The Bertz CT molecular complexity index is 792. The van der Waals surface area contributed by atoms with Crippen LogP contribution in [0.4, 0.5) is 27.7 Å². The molecule has 0 bridgehead atoms. The average molecular weight is 426 g/mol. The zero-order valence-corrected chi connectivity index (χ0v) is 18.5. The molecule has 0 radical (unpaired) electrons. The van der Waals surface area contributed by atoms with Crippen LogP contribution in [0.5, 0.6) is 0 Å². The second-order valence-corrected chi connectivity index (χ2v) is 6.30. The van der Waals surface area contributed by atoms with Gasteiger partial charge in [0.05, 0.1) is 4.92 Å². The zero-order chi connectivity index (χ0) is 22.6. The molecule has 160 valence electrons. The van der Waals surface area contributed by atoms with Crippen LogP contribution >= 0.6 is 11.6 Å². The van der Waals surface area contributed by atoms with Gasteiger partial charge in [0.25, 0.3) is 0 Å². The molecule has 1 aromatic carbocycles. The van der Waals surface area contributed by atoms with Crippen LogP contribution in [0.2, 0.25) is 5.28 Å². The Hall–Kier alpha value is -2.94. The first-order chi connectivity index (χ1) is 13.6. The number of anilines is 3. The summed E-state index contributed by atoms with van der Waals surface area (Å²) in [4.78, 5) is 29.5. The molecule has 1 amide bonds. The van der Waals surface area contributed by atoms with E-state index < -0.39 is 16.6 Å². The molecule has 0 aliphatic carbocycles. The van der Waals surface area contributed by atoms with Crippen molar-refractivity contribution in [3.8, 4) is 0 Å². The van der Waals surface area contributed by atoms with Crippen LogP contribution < -0.4 is 10.6 Å². The van der Waals surface area contributed by atoms with Gasteiger partial charge in [-0.25, -0.2) is 9.78 Å². The molecule has 1 heterocycles. The molecule has 9 nitrogen and oxygen atoms in total. The van der Waals surface area contributed by atoms with Gasteiger partial charge in [-0.3, -0.25) is 15.4 Å². The first-order valence-electron chi connectivity index (χ1n) is 9.18. The molecule has 2 rings (SSSR count). The van der Waals surface area contributed by atoms with Gasteiger partial charge in [-0.2, -0.15) is 4.98 Å². The number of nitro groups is 1. The summed E-state index contributed by atoms with van der Waals surface area (Å²) in [7, 11) is 0. The minimum Gasteiger partial charge on any atom is -0.444 e. The Morgan fingerprint density at radius 1 is 1.10 bits per heavy atom. The predicted molar refractivity (Wildman–Crippen MR) is 116 cm³/mol. The van der Waals surface area contributed by atoms with E-state index in [2.05, 4.69) is 20.6 Å². The first-order valence-corrected chi connectivity index (χ1v) is 9.56. The summed E-state index contributed by atoms with van der Waals surface area (Å²) in [6.07, 6.45) is 0.447. The minimum atomic E-state index is -0.614. The van der Waals surface area contributed by atoms with E-state index in [1.807, 2.05) is 27.7 Å². The molecule has 0 aliphatic heterocycles. The number of hydrogen-bond acceptors (Lipinski definition) is 7. The van der Waals surface area contributed by atoms with E-state index in [9.17, 15) is 14.9 Å². The summed E-state index contributed by atoms with van der Waals surface area (Å²) in [6.45, 7) is 13.3. The molecule has 0 fully saturated rings. The standard InChI is InChI=1S/C15H16ClN5O4.2C2H6/c1-15(2,3)25-14(22)19-10-6-4-9(5-7-10)18-12-11(21(23)24)8-17-13(16)20-12;2*1-2/h4-8H,1-3H3,(H,19,22)(H,17,18,20);2*1-2H3. The second-order valence-electron chi connectivity index (χ2n) is 5.96. The number of rotatable bonds is 4. The third kappa shape index (κ3) is 9.70. The van der Waals surface area contributed by atoms with Gasteiger partial charge >= 0.3 is 11.8 Å². The van der Waals surface area contributed by atoms with Crippen LogP contribution in [0.1, 0.15) is 48.5 Å². The van der Waals surface area contributed by atoms with Gasteiger partial charge in [-0.1, -0.05) is 27.7 Å². The van der Waals surface area contributed by atoms with Crippen molar-refractivity contribution in [3.05, 3.63) is 45.9 Å². The van der Waals surface area contributed by atoms with Crippen molar-refractivity contribution in [1.29, 1.82) is 0 Å². The smallest absolute Gasteiger partial charge is 0.412 e. The third-order valence-electron chi connectivity index (χ3n) is 2.73. The SMILES string of the molecule is CC.CC.CC(C)(C)OC(=O)Nc1ccc(Nc2nc(Cl)ncc2[N+](=O)[O-])cc1. The molecule has 0 aliphatic rings. The fourth-order valence-electron chi connectivity index (χ4n) is 1.77. The molecule has 29 heavy (non-hydrogen) atoms. The van der Waals surface area contributed by atoms with Crippen LogP contribution in [-0.2, 0) is 4.74 Å². The van der Waals surface area contributed by atoms with Crippen molar-refractivity contribution in [2.24, 2.45) is 0 Å². The number of carbonyl (C=O) groups excluding carboxylic acids is 1. The van der Waals surface area contributed by atoms with Gasteiger partial charge in [0.2, 0.25) is 11.1 Å². The monoisotopic (exact) mass is 425 g/mol. The number of aromatic nitrogens is 2. The van der Waals surface area contributed by atoms with E-state index in [1.165, 1.54) is 0 Å². The van der Waals surface area contributed by atoms with Crippen LogP contribution in [-0.4, -0.2) is 26.6 Å². The lowest BCUT2D eigenvalue weighted by Gasteiger charge is -2.19. The highest BCUT2D eigenvalue weighted by Gasteiger charge is 2.18. The maximum Gasteiger partial charge on any atom is 0.412 e. The van der Waals surface area contributed by atoms with Gasteiger partial charge in [-0.15, -0.1) is 0 Å². The average Bonchev–Trinajstić information content (AvgIpc) is 2.65. The van der Waals surface area contributed by atoms with E-state index in [0.717, 1.165) is 6.20 Å². The van der Waals surface area contributed by atoms with Crippen LogP contribution in [0.25, 0.3) is 0 Å². The van der Waals surface area contributed by atoms with Crippen molar-refractivity contribution in [2.45, 2.75) is 54.1 Å². The molecular formula is C19H28ClN5O4. The molecule has 0 spiro atoms. The highest BCUT2D eigenvalue weighted by Crippen LogP contribution is 2.26.